The summed E-state index contributed by atoms with van der Waals surface area (Å²) in [6.07, 6.45) is 0.851. The Morgan fingerprint density at radius 3 is 2.56 bits per heavy atom. The molecule has 3 heteroatoms. The van der Waals surface area contributed by atoms with Crippen LogP contribution in [0.1, 0.15) is 25.8 Å². The number of hydrogen-bond acceptors (Lipinski definition) is 3. The van der Waals surface area contributed by atoms with E-state index < -0.39 is 0 Å². The molecule has 90 valence electrons. The lowest BCUT2D eigenvalue weighted by atomic mass is 10.2. The fourth-order valence-electron chi connectivity index (χ4n) is 1.43. The Balaban J connectivity index is 2.44. The van der Waals surface area contributed by atoms with Gasteiger partial charge in [0.2, 0.25) is 0 Å². The highest BCUT2D eigenvalue weighted by atomic mass is 32.2. The van der Waals surface area contributed by atoms with Crippen LogP contribution < -0.4 is 5.32 Å². The molecule has 0 aliphatic carbocycles. The van der Waals surface area contributed by atoms with Crippen molar-refractivity contribution in [3.8, 4) is 0 Å². The third-order valence-corrected chi connectivity index (χ3v) is 3.56. The van der Waals surface area contributed by atoms with Crippen LogP contribution in [-0.2, 0) is 6.54 Å². The zero-order valence-corrected chi connectivity index (χ0v) is 10.9. The number of nitrogens with one attached hydrogen (secondary N) is 1. The van der Waals surface area contributed by atoms with E-state index in [0.29, 0.717) is 5.25 Å². The molecule has 1 atom stereocenters. The predicted octanol–water partition coefficient (Wildman–Crippen LogP) is 2.66. The van der Waals surface area contributed by atoms with Gasteiger partial charge in [0.1, 0.15) is 0 Å². The normalized spacial score (nSPS) is 12.7. The van der Waals surface area contributed by atoms with Crippen LogP contribution >= 0.6 is 11.8 Å². The van der Waals surface area contributed by atoms with Crippen LogP contribution in [0.25, 0.3) is 0 Å². The van der Waals surface area contributed by atoms with Gasteiger partial charge in [-0.1, -0.05) is 26.0 Å². The summed E-state index contributed by atoms with van der Waals surface area (Å²) in [5.41, 5.74) is 1.32. The molecule has 0 fully saturated rings. The van der Waals surface area contributed by atoms with E-state index in [2.05, 4.69) is 43.4 Å². The summed E-state index contributed by atoms with van der Waals surface area (Å²) in [6.45, 7) is 6.47. The SMILES string of the molecule is CCNCc1ccc(SC(C)CCO)cc1. The number of aliphatic hydroxyl groups is 1. The molecule has 0 aromatic heterocycles. The Bertz CT molecular complexity index is 286. The van der Waals surface area contributed by atoms with E-state index in [-0.39, 0.29) is 6.61 Å². The van der Waals surface area contributed by atoms with Crippen LogP contribution in [0.4, 0.5) is 0 Å². The highest BCUT2D eigenvalue weighted by molar-refractivity contribution is 7.99. The average Bonchev–Trinajstić information content (AvgIpc) is 2.28. The molecular formula is C13H21NOS. The Kier molecular flexibility index (Phi) is 6.53. The standard InChI is InChI=1S/C13H21NOS/c1-3-14-10-12-4-6-13(7-5-12)16-11(2)8-9-15/h4-7,11,14-15H,3,8-10H2,1-2H3. The summed E-state index contributed by atoms with van der Waals surface area (Å²) < 4.78 is 0. The van der Waals surface area contributed by atoms with Crippen LogP contribution in [0.5, 0.6) is 0 Å². The maximum Gasteiger partial charge on any atom is 0.0441 e. The van der Waals surface area contributed by atoms with Crippen LogP contribution in [-0.4, -0.2) is 23.5 Å². The van der Waals surface area contributed by atoms with Gasteiger partial charge in [-0.2, -0.15) is 0 Å². The van der Waals surface area contributed by atoms with Crippen molar-refractivity contribution >= 4 is 11.8 Å². The van der Waals surface area contributed by atoms with Gasteiger partial charge in [0.15, 0.2) is 0 Å². The molecule has 0 amide bonds. The third kappa shape index (κ3) is 5.01. The zero-order valence-electron chi connectivity index (χ0n) is 10.1. The summed E-state index contributed by atoms with van der Waals surface area (Å²) in [5, 5.41) is 12.6. The van der Waals surface area contributed by atoms with Gasteiger partial charge < -0.3 is 10.4 Å². The fraction of sp³-hybridized carbons (Fsp3) is 0.538. The molecule has 0 saturated heterocycles. The van der Waals surface area contributed by atoms with Crippen molar-refractivity contribution in [2.24, 2.45) is 0 Å². The second-order valence-electron chi connectivity index (χ2n) is 3.87. The summed E-state index contributed by atoms with van der Waals surface area (Å²) in [5.74, 6) is 0. The summed E-state index contributed by atoms with van der Waals surface area (Å²) in [4.78, 5) is 1.28. The molecule has 0 bridgehead atoms. The number of thioether (sulfide) groups is 1. The maximum atomic E-state index is 8.83. The molecule has 0 aliphatic heterocycles. The van der Waals surface area contributed by atoms with Gasteiger partial charge in [-0.3, -0.25) is 0 Å². The topological polar surface area (TPSA) is 32.3 Å². The number of aliphatic hydroxyl groups excluding tert-OH is 1. The lowest BCUT2D eigenvalue weighted by molar-refractivity contribution is 0.289. The molecule has 0 saturated carbocycles. The first-order valence-corrected chi connectivity index (χ1v) is 6.71. The molecule has 16 heavy (non-hydrogen) atoms. The molecule has 0 heterocycles. The third-order valence-electron chi connectivity index (χ3n) is 2.38. The Morgan fingerprint density at radius 1 is 1.31 bits per heavy atom. The molecule has 2 N–H and O–H groups in total. The van der Waals surface area contributed by atoms with Crippen molar-refractivity contribution in [2.45, 2.75) is 37.0 Å². The smallest absolute Gasteiger partial charge is 0.0441 e. The highest BCUT2D eigenvalue weighted by Gasteiger charge is 2.03. The quantitative estimate of drug-likeness (QED) is 0.718. The minimum Gasteiger partial charge on any atom is -0.396 e. The van der Waals surface area contributed by atoms with E-state index in [9.17, 15) is 0 Å². The molecule has 0 aliphatic rings. The predicted molar refractivity (Wildman–Crippen MR) is 70.8 cm³/mol. The van der Waals surface area contributed by atoms with E-state index in [1.165, 1.54) is 10.5 Å². The number of hydrogen-bond donors (Lipinski definition) is 2. The first kappa shape index (κ1) is 13.6. The van der Waals surface area contributed by atoms with Crippen LogP contribution in [0.15, 0.2) is 29.2 Å². The van der Waals surface area contributed by atoms with Crippen molar-refractivity contribution in [2.75, 3.05) is 13.2 Å². The van der Waals surface area contributed by atoms with Crippen molar-refractivity contribution in [1.82, 2.24) is 5.32 Å². The summed E-state index contributed by atoms with van der Waals surface area (Å²) in [7, 11) is 0. The van der Waals surface area contributed by atoms with Crippen LogP contribution in [0, 0.1) is 0 Å². The van der Waals surface area contributed by atoms with Gasteiger partial charge in [0.05, 0.1) is 0 Å². The first-order valence-electron chi connectivity index (χ1n) is 5.83. The molecule has 0 spiro atoms. The van der Waals surface area contributed by atoms with Gasteiger partial charge in [-0.05, 0) is 30.7 Å². The number of rotatable bonds is 7. The van der Waals surface area contributed by atoms with E-state index in [4.69, 9.17) is 5.11 Å². The van der Waals surface area contributed by atoms with Gasteiger partial charge >= 0.3 is 0 Å². The minimum absolute atomic E-state index is 0.271. The lowest BCUT2D eigenvalue weighted by Gasteiger charge is -2.09. The van der Waals surface area contributed by atoms with Crippen LogP contribution in [0.3, 0.4) is 0 Å². The Morgan fingerprint density at radius 2 is 2.00 bits per heavy atom. The molecule has 1 aromatic rings. The largest absolute Gasteiger partial charge is 0.396 e. The molecule has 1 aromatic carbocycles. The highest BCUT2D eigenvalue weighted by Crippen LogP contribution is 2.25. The second kappa shape index (κ2) is 7.71. The summed E-state index contributed by atoms with van der Waals surface area (Å²) in [6, 6.07) is 8.64. The Labute approximate surface area is 102 Å². The summed E-state index contributed by atoms with van der Waals surface area (Å²) >= 11 is 1.82. The lowest BCUT2D eigenvalue weighted by Crippen LogP contribution is -2.11. The first-order chi connectivity index (χ1) is 7.76. The maximum absolute atomic E-state index is 8.83. The molecule has 1 rings (SSSR count). The second-order valence-corrected chi connectivity index (χ2v) is 5.38. The average molecular weight is 239 g/mol. The molecule has 2 nitrogen and oxygen atoms in total. The van der Waals surface area contributed by atoms with Crippen LogP contribution in [0.2, 0.25) is 0 Å². The van der Waals surface area contributed by atoms with Crippen molar-refractivity contribution < 1.29 is 5.11 Å². The minimum atomic E-state index is 0.271. The number of benzene rings is 1. The van der Waals surface area contributed by atoms with E-state index in [1.54, 1.807) is 0 Å². The van der Waals surface area contributed by atoms with Gasteiger partial charge in [0.25, 0.3) is 0 Å². The monoisotopic (exact) mass is 239 g/mol. The Hall–Kier alpha value is -0.510. The van der Waals surface area contributed by atoms with E-state index in [1.807, 2.05) is 11.8 Å². The zero-order chi connectivity index (χ0) is 11.8. The van der Waals surface area contributed by atoms with Gasteiger partial charge in [-0.25, -0.2) is 0 Å². The van der Waals surface area contributed by atoms with Gasteiger partial charge in [-0.15, -0.1) is 11.8 Å². The molecular weight excluding hydrogens is 218 g/mol. The molecule has 1 unspecified atom stereocenters. The molecule has 0 radical (unpaired) electrons. The van der Waals surface area contributed by atoms with Crippen molar-refractivity contribution in [1.29, 1.82) is 0 Å². The van der Waals surface area contributed by atoms with Crippen molar-refractivity contribution in [3.05, 3.63) is 29.8 Å². The van der Waals surface area contributed by atoms with E-state index in [0.717, 1.165) is 19.5 Å². The van der Waals surface area contributed by atoms with Gasteiger partial charge in [0, 0.05) is 23.3 Å². The van der Waals surface area contributed by atoms with Crippen molar-refractivity contribution in [3.63, 3.8) is 0 Å². The van der Waals surface area contributed by atoms with E-state index >= 15 is 0 Å². The fourth-order valence-corrected chi connectivity index (χ4v) is 2.41.